The van der Waals surface area contributed by atoms with E-state index in [-0.39, 0.29) is 5.82 Å². The molecule has 0 saturated carbocycles. The largest absolute Gasteiger partial charge is 0.496 e. The number of nitrogens with one attached hydrogen (secondary N) is 2. The zero-order valence-electron chi connectivity index (χ0n) is 15.5. The van der Waals surface area contributed by atoms with Gasteiger partial charge in [0.05, 0.1) is 13.0 Å². The van der Waals surface area contributed by atoms with Crippen LogP contribution in [-0.2, 0) is 17.8 Å². The van der Waals surface area contributed by atoms with Crippen molar-refractivity contribution in [2.45, 2.75) is 13.0 Å². The number of methoxy groups -OCH3 is 1. The van der Waals surface area contributed by atoms with Crippen LogP contribution < -0.4 is 21.1 Å². The second-order valence-corrected chi connectivity index (χ2v) is 6.05. The van der Waals surface area contributed by atoms with E-state index >= 15 is 0 Å². The van der Waals surface area contributed by atoms with E-state index in [1.165, 1.54) is 12.1 Å². The van der Waals surface area contributed by atoms with Gasteiger partial charge in [-0.1, -0.05) is 30.3 Å². The van der Waals surface area contributed by atoms with Crippen LogP contribution in [0, 0.1) is 11.7 Å². The fourth-order valence-corrected chi connectivity index (χ4v) is 2.65. The summed E-state index contributed by atoms with van der Waals surface area (Å²) in [6, 6.07) is 13.7. The number of amides is 1. The zero-order valence-corrected chi connectivity index (χ0v) is 15.5. The molecule has 0 bridgehead atoms. The number of para-hydroxylation sites is 1. The molecule has 1 amide bonds. The molecule has 2 rings (SSSR count). The number of guanidine groups is 1. The minimum absolute atomic E-state index is 0.312. The van der Waals surface area contributed by atoms with Gasteiger partial charge in [0.15, 0.2) is 5.96 Å². The maximum absolute atomic E-state index is 13.0. The summed E-state index contributed by atoms with van der Waals surface area (Å²) in [5.41, 5.74) is 7.35. The van der Waals surface area contributed by atoms with Gasteiger partial charge >= 0.3 is 0 Å². The quantitative estimate of drug-likeness (QED) is 0.487. The van der Waals surface area contributed by atoms with E-state index in [0.717, 1.165) is 16.9 Å². The third-order valence-electron chi connectivity index (χ3n) is 4.18. The Morgan fingerprint density at radius 3 is 2.52 bits per heavy atom. The Bertz CT molecular complexity index is 778. The predicted molar refractivity (Wildman–Crippen MR) is 104 cm³/mol. The normalized spacial score (nSPS) is 12.3. The van der Waals surface area contributed by atoms with Crippen molar-refractivity contribution in [2.24, 2.45) is 16.6 Å². The first kappa shape index (κ1) is 20.2. The number of rotatable bonds is 8. The highest BCUT2D eigenvalue weighted by Gasteiger charge is 2.17. The number of nitrogens with two attached hydrogens (primary N) is 1. The van der Waals surface area contributed by atoms with Gasteiger partial charge in [-0.05, 0) is 30.2 Å². The smallest absolute Gasteiger partial charge is 0.222 e. The van der Waals surface area contributed by atoms with E-state index < -0.39 is 11.8 Å². The number of halogens is 1. The summed E-state index contributed by atoms with van der Waals surface area (Å²) in [7, 11) is 3.27. The van der Waals surface area contributed by atoms with Crippen molar-refractivity contribution in [3.05, 3.63) is 65.5 Å². The fourth-order valence-electron chi connectivity index (χ4n) is 2.65. The molecule has 0 aliphatic heterocycles. The van der Waals surface area contributed by atoms with Crippen molar-refractivity contribution in [3.63, 3.8) is 0 Å². The second kappa shape index (κ2) is 10.2. The lowest BCUT2D eigenvalue weighted by atomic mass is 9.98. The summed E-state index contributed by atoms with van der Waals surface area (Å²) in [5.74, 6) is 0.152. The highest BCUT2D eigenvalue weighted by Crippen LogP contribution is 2.16. The topological polar surface area (TPSA) is 88.7 Å². The van der Waals surface area contributed by atoms with Gasteiger partial charge in [0, 0.05) is 25.7 Å². The minimum Gasteiger partial charge on any atom is -0.496 e. The first-order valence-corrected chi connectivity index (χ1v) is 8.63. The highest BCUT2D eigenvalue weighted by molar-refractivity contribution is 5.81. The number of primary amides is 1. The van der Waals surface area contributed by atoms with E-state index in [4.69, 9.17) is 10.5 Å². The molecule has 2 aromatic rings. The number of benzene rings is 2. The standard InChI is InChI=1S/C20H25FN4O2/c1-23-20(24-12-15-5-3-4-6-18(15)27-2)25-13-16(19(22)26)11-14-7-9-17(21)10-8-14/h3-10,16H,11-13H2,1-2H3,(H2,22,26)(H2,23,24,25). The number of hydrogen-bond donors (Lipinski definition) is 3. The molecule has 0 aliphatic rings. The number of hydrogen-bond acceptors (Lipinski definition) is 3. The first-order chi connectivity index (χ1) is 13.0. The minimum atomic E-state index is -0.444. The van der Waals surface area contributed by atoms with Gasteiger partial charge in [0.2, 0.25) is 5.91 Å². The molecule has 4 N–H and O–H groups in total. The summed E-state index contributed by atoms with van der Waals surface area (Å²) >= 11 is 0. The molecule has 7 heteroatoms. The van der Waals surface area contributed by atoms with E-state index in [1.54, 1.807) is 26.3 Å². The molecule has 0 saturated heterocycles. The summed E-state index contributed by atoms with van der Waals surface area (Å²) in [5, 5.41) is 6.30. The maximum atomic E-state index is 13.0. The molecule has 0 fully saturated rings. The lowest BCUT2D eigenvalue weighted by Gasteiger charge is -2.18. The Labute approximate surface area is 158 Å². The van der Waals surface area contributed by atoms with Crippen LogP contribution in [-0.4, -0.2) is 32.6 Å². The van der Waals surface area contributed by atoms with Gasteiger partial charge in [-0.25, -0.2) is 4.39 Å². The van der Waals surface area contributed by atoms with Gasteiger partial charge in [0.25, 0.3) is 0 Å². The molecule has 6 nitrogen and oxygen atoms in total. The van der Waals surface area contributed by atoms with Crippen LogP contribution >= 0.6 is 0 Å². The molecule has 0 radical (unpaired) electrons. The lowest BCUT2D eigenvalue weighted by Crippen LogP contribution is -2.42. The van der Waals surface area contributed by atoms with Gasteiger partial charge in [-0.2, -0.15) is 0 Å². The Morgan fingerprint density at radius 1 is 1.19 bits per heavy atom. The Morgan fingerprint density at radius 2 is 1.89 bits per heavy atom. The Hall–Kier alpha value is -3.09. The molecular weight excluding hydrogens is 347 g/mol. The first-order valence-electron chi connectivity index (χ1n) is 8.63. The number of carbonyl (C=O) groups excluding carboxylic acids is 1. The molecule has 0 heterocycles. The Kier molecular flexibility index (Phi) is 7.61. The molecule has 0 spiro atoms. The van der Waals surface area contributed by atoms with Crippen molar-refractivity contribution < 1.29 is 13.9 Å². The zero-order chi connectivity index (χ0) is 19.6. The molecule has 0 aliphatic carbocycles. The summed E-state index contributed by atoms with van der Waals surface area (Å²) in [4.78, 5) is 15.9. The summed E-state index contributed by atoms with van der Waals surface area (Å²) in [6.45, 7) is 0.835. The Balaban J connectivity index is 1.92. The highest BCUT2D eigenvalue weighted by atomic mass is 19.1. The van der Waals surface area contributed by atoms with Crippen LogP contribution in [0.3, 0.4) is 0 Å². The van der Waals surface area contributed by atoms with Gasteiger partial charge < -0.3 is 21.1 Å². The molecule has 1 atom stereocenters. The van der Waals surface area contributed by atoms with Gasteiger partial charge in [0.1, 0.15) is 11.6 Å². The van der Waals surface area contributed by atoms with Crippen LogP contribution in [0.4, 0.5) is 4.39 Å². The van der Waals surface area contributed by atoms with E-state index in [2.05, 4.69) is 15.6 Å². The second-order valence-electron chi connectivity index (χ2n) is 6.05. The fraction of sp³-hybridized carbons (Fsp3) is 0.300. The van der Waals surface area contributed by atoms with Crippen LogP contribution in [0.2, 0.25) is 0 Å². The average Bonchev–Trinajstić information content (AvgIpc) is 2.68. The number of nitrogens with zero attached hydrogens (tertiary/aromatic N) is 1. The van der Waals surface area contributed by atoms with E-state index in [0.29, 0.717) is 25.5 Å². The summed E-state index contributed by atoms with van der Waals surface area (Å²) < 4.78 is 18.4. The van der Waals surface area contributed by atoms with Gasteiger partial charge in [-0.3, -0.25) is 9.79 Å². The molecule has 1 unspecified atom stereocenters. The molecule has 27 heavy (non-hydrogen) atoms. The number of ether oxygens (including phenoxy) is 1. The lowest BCUT2D eigenvalue weighted by molar-refractivity contribution is -0.121. The molecule has 2 aromatic carbocycles. The third kappa shape index (κ3) is 6.29. The summed E-state index contributed by atoms with van der Waals surface area (Å²) in [6.07, 6.45) is 0.423. The van der Waals surface area contributed by atoms with Crippen molar-refractivity contribution in [1.82, 2.24) is 10.6 Å². The average molecular weight is 372 g/mol. The van der Waals surface area contributed by atoms with Crippen LogP contribution in [0.1, 0.15) is 11.1 Å². The van der Waals surface area contributed by atoms with Crippen LogP contribution in [0.25, 0.3) is 0 Å². The number of aliphatic imine (C=N–C) groups is 1. The maximum Gasteiger partial charge on any atom is 0.222 e. The molecule has 144 valence electrons. The van der Waals surface area contributed by atoms with E-state index in [1.807, 2.05) is 24.3 Å². The van der Waals surface area contributed by atoms with Crippen molar-refractivity contribution in [2.75, 3.05) is 20.7 Å². The van der Waals surface area contributed by atoms with E-state index in [9.17, 15) is 9.18 Å². The SMILES string of the molecule is CN=C(NCc1ccccc1OC)NCC(Cc1ccc(F)cc1)C(N)=O. The van der Waals surface area contributed by atoms with Crippen molar-refractivity contribution >= 4 is 11.9 Å². The number of carbonyl (C=O) groups is 1. The van der Waals surface area contributed by atoms with Crippen LogP contribution in [0.5, 0.6) is 5.75 Å². The molecular formula is C20H25FN4O2. The monoisotopic (exact) mass is 372 g/mol. The van der Waals surface area contributed by atoms with Gasteiger partial charge in [-0.15, -0.1) is 0 Å². The molecule has 0 aromatic heterocycles. The third-order valence-corrected chi connectivity index (χ3v) is 4.18. The van der Waals surface area contributed by atoms with Crippen molar-refractivity contribution in [3.8, 4) is 5.75 Å². The predicted octanol–water partition coefficient (Wildman–Crippen LogP) is 1.84. The van der Waals surface area contributed by atoms with Crippen molar-refractivity contribution in [1.29, 1.82) is 0 Å². The van der Waals surface area contributed by atoms with Crippen LogP contribution in [0.15, 0.2) is 53.5 Å².